The summed E-state index contributed by atoms with van der Waals surface area (Å²) >= 11 is 0. The van der Waals surface area contributed by atoms with E-state index in [4.69, 9.17) is 4.74 Å². The topological polar surface area (TPSA) is 81.2 Å². The molecule has 0 amide bonds. The first kappa shape index (κ1) is 16.7. The first-order valence-corrected chi connectivity index (χ1v) is 7.87. The quantitative estimate of drug-likeness (QED) is 0.572. The number of para-hydroxylation sites is 1. The van der Waals surface area contributed by atoms with Crippen LogP contribution in [0.15, 0.2) is 42.7 Å². The monoisotopic (exact) mass is 338 g/mol. The third-order valence-corrected chi connectivity index (χ3v) is 4.13. The summed E-state index contributed by atoms with van der Waals surface area (Å²) in [5.74, 6) is -1.07. The molecule has 25 heavy (non-hydrogen) atoms. The number of fused-ring (bicyclic) bond motifs is 1. The van der Waals surface area contributed by atoms with Crippen LogP contribution in [0, 0.1) is 0 Å². The zero-order valence-electron chi connectivity index (χ0n) is 14.2. The van der Waals surface area contributed by atoms with Crippen LogP contribution in [0.2, 0.25) is 0 Å². The number of H-pyrrole nitrogens is 1. The molecule has 0 radical (unpaired) electrons. The number of hydrogen-bond donors (Lipinski definition) is 1. The molecule has 1 N–H and O–H groups in total. The van der Waals surface area contributed by atoms with E-state index in [-0.39, 0.29) is 17.3 Å². The molecule has 0 saturated carbocycles. The van der Waals surface area contributed by atoms with Gasteiger partial charge in [-0.15, -0.1) is 0 Å². The van der Waals surface area contributed by atoms with E-state index in [2.05, 4.69) is 4.98 Å². The van der Waals surface area contributed by atoms with Gasteiger partial charge >= 0.3 is 5.97 Å². The number of nitrogens with zero attached hydrogens (tertiary/aromatic N) is 1. The van der Waals surface area contributed by atoms with Crippen LogP contribution in [0.4, 0.5) is 0 Å². The number of nitrogens with one attached hydrogen (secondary N) is 1. The molecule has 0 bridgehead atoms. The minimum atomic E-state index is -0.942. The number of esters is 1. The van der Waals surface area contributed by atoms with Gasteiger partial charge in [-0.05, 0) is 26.0 Å². The Bertz CT molecular complexity index is 980. The molecule has 1 atom stereocenters. The Morgan fingerprint density at radius 2 is 1.92 bits per heavy atom. The molecular formula is C19H18N2O4. The molecule has 3 rings (SSSR count). The van der Waals surface area contributed by atoms with E-state index in [0.717, 1.165) is 10.9 Å². The number of Topliss-reactive ketones (excluding diaryl/α,β-unsaturated/α-hetero) is 2. The summed E-state index contributed by atoms with van der Waals surface area (Å²) in [4.78, 5) is 39.4. The molecule has 0 aliphatic rings. The Hall–Kier alpha value is -3.15. The van der Waals surface area contributed by atoms with Crippen molar-refractivity contribution in [2.75, 3.05) is 0 Å². The normalized spacial score (nSPS) is 12.1. The van der Waals surface area contributed by atoms with Crippen molar-refractivity contribution < 1.29 is 19.1 Å². The summed E-state index contributed by atoms with van der Waals surface area (Å²) < 4.78 is 6.83. The molecule has 0 unspecified atom stereocenters. The lowest BCUT2D eigenvalue weighted by Crippen LogP contribution is -2.25. The van der Waals surface area contributed by atoms with Crippen LogP contribution in [0.25, 0.3) is 10.9 Å². The van der Waals surface area contributed by atoms with Crippen LogP contribution in [-0.4, -0.2) is 33.2 Å². The van der Waals surface area contributed by atoms with Crippen LogP contribution in [0.1, 0.15) is 45.1 Å². The van der Waals surface area contributed by atoms with E-state index < -0.39 is 12.1 Å². The maximum absolute atomic E-state index is 12.6. The maximum Gasteiger partial charge on any atom is 0.355 e. The average Bonchev–Trinajstić information content (AvgIpc) is 3.17. The number of ketones is 2. The number of aryl methyl sites for hydroxylation is 1. The molecule has 0 spiro atoms. The van der Waals surface area contributed by atoms with Crippen LogP contribution in [-0.2, 0) is 11.8 Å². The molecule has 0 fully saturated rings. The number of rotatable bonds is 5. The van der Waals surface area contributed by atoms with E-state index in [0.29, 0.717) is 11.1 Å². The molecule has 6 nitrogen and oxygen atoms in total. The zero-order valence-corrected chi connectivity index (χ0v) is 14.2. The van der Waals surface area contributed by atoms with Crippen molar-refractivity contribution in [2.24, 2.45) is 7.05 Å². The number of ether oxygens (including phenoxy) is 1. The van der Waals surface area contributed by atoms with Crippen LogP contribution < -0.4 is 0 Å². The Labute approximate surface area is 144 Å². The lowest BCUT2D eigenvalue weighted by Gasteiger charge is -2.12. The minimum Gasteiger partial charge on any atom is -0.450 e. The summed E-state index contributed by atoms with van der Waals surface area (Å²) in [5.41, 5.74) is 1.97. The molecule has 128 valence electrons. The van der Waals surface area contributed by atoms with E-state index in [1.54, 1.807) is 19.4 Å². The summed E-state index contributed by atoms with van der Waals surface area (Å²) in [7, 11) is 1.65. The van der Waals surface area contributed by atoms with Crippen LogP contribution >= 0.6 is 0 Å². The van der Waals surface area contributed by atoms with Crippen LogP contribution in [0.5, 0.6) is 0 Å². The van der Waals surface area contributed by atoms with Gasteiger partial charge in [-0.25, -0.2) is 4.79 Å². The van der Waals surface area contributed by atoms with Gasteiger partial charge in [0.05, 0.1) is 0 Å². The number of carbonyl (C=O) groups excluding carboxylic acids is 3. The second-order valence-electron chi connectivity index (χ2n) is 5.94. The fraction of sp³-hybridized carbons (Fsp3) is 0.211. The molecule has 6 heteroatoms. The Balaban J connectivity index is 1.79. The fourth-order valence-electron chi connectivity index (χ4n) is 2.73. The van der Waals surface area contributed by atoms with Gasteiger partial charge in [-0.3, -0.25) is 9.59 Å². The molecule has 2 heterocycles. The van der Waals surface area contributed by atoms with Gasteiger partial charge in [0.1, 0.15) is 5.69 Å². The smallest absolute Gasteiger partial charge is 0.355 e. The summed E-state index contributed by atoms with van der Waals surface area (Å²) in [6, 6.07) is 8.89. The number of benzene rings is 1. The second-order valence-corrected chi connectivity index (χ2v) is 5.94. The standard InChI is InChI=1S/C19H18N2O4/c1-11(22)13-8-17(21(3)10-13)19(24)25-12(2)18(23)15-9-20-16-7-5-4-6-14(15)16/h4-10,12,20H,1-3H3/t12-/m1/s1. The highest BCUT2D eigenvalue weighted by Crippen LogP contribution is 2.20. The van der Waals surface area contributed by atoms with Crippen LogP contribution in [0.3, 0.4) is 0 Å². The van der Waals surface area contributed by atoms with Gasteiger partial charge < -0.3 is 14.3 Å². The Morgan fingerprint density at radius 3 is 2.60 bits per heavy atom. The summed E-state index contributed by atoms with van der Waals surface area (Å²) in [5, 5.41) is 0.785. The molecule has 0 aliphatic heterocycles. The van der Waals surface area contributed by atoms with E-state index in [1.165, 1.54) is 24.5 Å². The second kappa shape index (κ2) is 6.39. The first-order valence-electron chi connectivity index (χ1n) is 7.87. The molecule has 2 aromatic heterocycles. The van der Waals surface area contributed by atoms with Gasteiger partial charge in [0.15, 0.2) is 11.9 Å². The lowest BCUT2D eigenvalue weighted by molar-refractivity contribution is 0.0310. The van der Waals surface area contributed by atoms with Gasteiger partial charge in [0, 0.05) is 41.5 Å². The average molecular weight is 338 g/mol. The largest absolute Gasteiger partial charge is 0.450 e. The highest BCUT2D eigenvalue weighted by atomic mass is 16.5. The van der Waals surface area contributed by atoms with Gasteiger partial charge in [0.25, 0.3) is 0 Å². The van der Waals surface area contributed by atoms with Gasteiger partial charge in [-0.1, -0.05) is 18.2 Å². The van der Waals surface area contributed by atoms with E-state index >= 15 is 0 Å². The Kier molecular flexibility index (Phi) is 4.27. The van der Waals surface area contributed by atoms with Crippen molar-refractivity contribution in [1.29, 1.82) is 0 Å². The van der Waals surface area contributed by atoms with Crippen molar-refractivity contribution in [3.63, 3.8) is 0 Å². The van der Waals surface area contributed by atoms with Crippen molar-refractivity contribution in [3.8, 4) is 0 Å². The molecule has 0 aliphatic carbocycles. The van der Waals surface area contributed by atoms with Crippen molar-refractivity contribution in [2.45, 2.75) is 20.0 Å². The summed E-state index contributed by atoms with van der Waals surface area (Å²) in [6.45, 7) is 2.96. The van der Waals surface area contributed by atoms with Crippen molar-refractivity contribution in [3.05, 3.63) is 59.5 Å². The van der Waals surface area contributed by atoms with E-state index in [1.807, 2.05) is 24.3 Å². The van der Waals surface area contributed by atoms with Gasteiger partial charge in [0.2, 0.25) is 5.78 Å². The summed E-state index contributed by atoms with van der Waals surface area (Å²) in [6.07, 6.45) is 2.24. The third kappa shape index (κ3) is 3.10. The highest BCUT2D eigenvalue weighted by molar-refractivity contribution is 6.10. The van der Waals surface area contributed by atoms with Crippen molar-refractivity contribution in [1.82, 2.24) is 9.55 Å². The van der Waals surface area contributed by atoms with Gasteiger partial charge in [-0.2, -0.15) is 0 Å². The molecular weight excluding hydrogens is 320 g/mol. The molecule has 1 aromatic carbocycles. The fourth-order valence-corrected chi connectivity index (χ4v) is 2.73. The lowest BCUT2D eigenvalue weighted by atomic mass is 10.1. The molecule has 3 aromatic rings. The van der Waals surface area contributed by atoms with Crippen molar-refractivity contribution >= 4 is 28.4 Å². The Morgan fingerprint density at radius 1 is 1.20 bits per heavy atom. The third-order valence-electron chi connectivity index (χ3n) is 4.13. The van der Waals surface area contributed by atoms with E-state index in [9.17, 15) is 14.4 Å². The number of aromatic amines is 1. The number of aromatic nitrogens is 2. The predicted molar refractivity (Wildman–Crippen MR) is 92.9 cm³/mol. The predicted octanol–water partition coefficient (Wildman–Crippen LogP) is 3.14. The number of carbonyl (C=O) groups is 3. The zero-order chi connectivity index (χ0) is 18.1. The first-order chi connectivity index (χ1) is 11.9. The SMILES string of the molecule is CC(=O)c1cc(C(=O)O[C@H](C)C(=O)c2c[nH]c3ccccc23)n(C)c1. The highest BCUT2D eigenvalue weighted by Gasteiger charge is 2.24. The minimum absolute atomic E-state index is 0.141. The maximum atomic E-state index is 12.6. The molecule has 0 saturated heterocycles. The number of hydrogen-bond acceptors (Lipinski definition) is 4.